The summed E-state index contributed by atoms with van der Waals surface area (Å²) in [5, 5.41) is 4.09. The third-order valence-corrected chi connectivity index (χ3v) is 4.35. The SMILES string of the molecule is NCC1CCCC1c1nc(-c2ccc(Br)cc2)no1. The summed E-state index contributed by atoms with van der Waals surface area (Å²) in [5.41, 5.74) is 6.77. The van der Waals surface area contributed by atoms with Crippen LogP contribution in [0.2, 0.25) is 0 Å². The van der Waals surface area contributed by atoms with Crippen molar-refractivity contribution in [3.8, 4) is 11.4 Å². The highest BCUT2D eigenvalue weighted by Crippen LogP contribution is 2.38. The molecule has 1 aromatic heterocycles. The molecule has 2 unspecified atom stereocenters. The largest absolute Gasteiger partial charge is 0.339 e. The van der Waals surface area contributed by atoms with Crippen LogP contribution in [-0.4, -0.2) is 16.7 Å². The van der Waals surface area contributed by atoms with Gasteiger partial charge in [0, 0.05) is 16.0 Å². The fourth-order valence-corrected chi connectivity index (χ4v) is 3.01. The summed E-state index contributed by atoms with van der Waals surface area (Å²) in [6, 6.07) is 7.91. The Labute approximate surface area is 120 Å². The number of hydrogen-bond acceptors (Lipinski definition) is 4. The van der Waals surface area contributed by atoms with Crippen LogP contribution < -0.4 is 5.73 Å². The van der Waals surface area contributed by atoms with Gasteiger partial charge in [-0.3, -0.25) is 0 Å². The molecule has 0 aliphatic heterocycles. The lowest BCUT2D eigenvalue weighted by molar-refractivity contribution is 0.326. The molecule has 2 aromatic rings. The Morgan fingerprint density at radius 3 is 2.79 bits per heavy atom. The average molecular weight is 322 g/mol. The van der Waals surface area contributed by atoms with Crippen molar-refractivity contribution in [2.24, 2.45) is 11.7 Å². The first-order valence-corrected chi connectivity index (χ1v) is 7.37. The van der Waals surface area contributed by atoms with E-state index in [0.717, 1.165) is 28.8 Å². The smallest absolute Gasteiger partial charge is 0.230 e. The minimum Gasteiger partial charge on any atom is -0.339 e. The topological polar surface area (TPSA) is 64.9 Å². The van der Waals surface area contributed by atoms with E-state index in [9.17, 15) is 0 Å². The molecule has 2 atom stereocenters. The van der Waals surface area contributed by atoms with Crippen LogP contribution in [0, 0.1) is 5.92 Å². The van der Waals surface area contributed by atoms with Crippen molar-refractivity contribution < 1.29 is 4.52 Å². The van der Waals surface area contributed by atoms with Crippen LogP contribution in [0.5, 0.6) is 0 Å². The Morgan fingerprint density at radius 2 is 2.05 bits per heavy atom. The number of benzene rings is 1. The maximum absolute atomic E-state index is 5.80. The summed E-state index contributed by atoms with van der Waals surface area (Å²) in [6.07, 6.45) is 3.46. The van der Waals surface area contributed by atoms with Crippen LogP contribution in [0.4, 0.5) is 0 Å². The molecule has 0 saturated heterocycles. The van der Waals surface area contributed by atoms with Gasteiger partial charge in [-0.25, -0.2) is 0 Å². The van der Waals surface area contributed by atoms with Gasteiger partial charge in [-0.1, -0.05) is 27.5 Å². The predicted molar refractivity (Wildman–Crippen MR) is 76.6 cm³/mol. The Kier molecular flexibility index (Phi) is 3.66. The number of nitrogens with two attached hydrogens (primary N) is 1. The van der Waals surface area contributed by atoms with Gasteiger partial charge in [0.25, 0.3) is 0 Å². The molecule has 4 nitrogen and oxygen atoms in total. The van der Waals surface area contributed by atoms with E-state index in [4.69, 9.17) is 10.3 Å². The molecule has 1 aromatic carbocycles. The van der Waals surface area contributed by atoms with Gasteiger partial charge in [-0.05, 0) is 49.6 Å². The van der Waals surface area contributed by atoms with Crippen LogP contribution in [0.15, 0.2) is 33.3 Å². The molecular formula is C14H16BrN3O. The second-order valence-electron chi connectivity index (χ2n) is 5.00. The quantitative estimate of drug-likeness (QED) is 0.941. The lowest BCUT2D eigenvalue weighted by Gasteiger charge is -2.12. The van der Waals surface area contributed by atoms with E-state index in [-0.39, 0.29) is 0 Å². The molecule has 0 spiro atoms. The highest BCUT2D eigenvalue weighted by Gasteiger charge is 2.31. The summed E-state index contributed by atoms with van der Waals surface area (Å²) in [7, 11) is 0. The summed E-state index contributed by atoms with van der Waals surface area (Å²) < 4.78 is 6.48. The van der Waals surface area contributed by atoms with E-state index in [0.29, 0.717) is 24.2 Å². The Morgan fingerprint density at radius 1 is 1.26 bits per heavy atom. The lowest BCUT2D eigenvalue weighted by atomic mass is 9.96. The van der Waals surface area contributed by atoms with Gasteiger partial charge in [0.2, 0.25) is 11.7 Å². The average Bonchev–Trinajstić information content (AvgIpc) is 3.07. The van der Waals surface area contributed by atoms with Gasteiger partial charge >= 0.3 is 0 Å². The van der Waals surface area contributed by atoms with Crippen LogP contribution >= 0.6 is 15.9 Å². The maximum Gasteiger partial charge on any atom is 0.230 e. The molecule has 1 fully saturated rings. The summed E-state index contributed by atoms with van der Waals surface area (Å²) in [4.78, 5) is 4.54. The summed E-state index contributed by atoms with van der Waals surface area (Å²) in [5.74, 6) is 2.22. The first-order valence-electron chi connectivity index (χ1n) is 6.57. The fraction of sp³-hybridized carbons (Fsp3) is 0.429. The molecule has 3 rings (SSSR count). The number of rotatable bonds is 3. The van der Waals surface area contributed by atoms with E-state index >= 15 is 0 Å². The van der Waals surface area contributed by atoms with Crippen molar-refractivity contribution >= 4 is 15.9 Å². The van der Waals surface area contributed by atoms with Crippen molar-refractivity contribution in [2.75, 3.05) is 6.54 Å². The van der Waals surface area contributed by atoms with E-state index in [2.05, 4.69) is 26.1 Å². The zero-order valence-electron chi connectivity index (χ0n) is 10.6. The van der Waals surface area contributed by atoms with Crippen LogP contribution in [0.3, 0.4) is 0 Å². The van der Waals surface area contributed by atoms with E-state index in [1.165, 1.54) is 6.42 Å². The molecule has 100 valence electrons. The molecule has 0 bridgehead atoms. The van der Waals surface area contributed by atoms with Gasteiger partial charge in [0.1, 0.15) is 0 Å². The lowest BCUT2D eigenvalue weighted by Crippen LogP contribution is -2.17. The maximum atomic E-state index is 5.80. The standard InChI is InChI=1S/C14H16BrN3O/c15-11-6-4-9(5-7-11)13-17-14(19-18-13)12-3-1-2-10(12)8-16/h4-7,10,12H,1-3,8,16H2. The zero-order chi connectivity index (χ0) is 13.2. The Bertz CT molecular complexity index is 552. The third kappa shape index (κ3) is 2.58. The Balaban J connectivity index is 1.85. The second-order valence-corrected chi connectivity index (χ2v) is 5.91. The van der Waals surface area contributed by atoms with Gasteiger partial charge in [0.15, 0.2) is 0 Å². The monoisotopic (exact) mass is 321 g/mol. The van der Waals surface area contributed by atoms with Crippen molar-refractivity contribution in [1.82, 2.24) is 10.1 Å². The van der Waals surface area contributed by atoms with E-state index in [1.807, 2.05) is 24.3 Å². The summed E-state index contributed by atoms with van der Waals surface area (Å²) in [6.45, 7) is 0.695. The first kappa shape index (κ1) is 12.8. The normalized spacial score (nSPS) is 22.8. The van der Waals surface area contributed by atoms with E-state index < -0.39 is 0 Å². The minimum absolute atomic E-state index is 0.335. The molecule has 1 saturated carbocycles. The second kappa shape index (κ2) is 5.43. The van der Waals surface area contributed by atoms with Crippen molar-refractivity contribution in [3.05, 3.63) is 34.6 Å². The molecule has 0 amide bonds. The van der Waals surface area contributed by atoms with Crippen molar-refractivity contribution in [2.45, 2.75) is 25.2 Å². The van der Waals surface area contributed by atoms with Crippen LogP contribution in [-0.2, 0) is 0 Å². The van der Waals surface area contributed by atoms with Gasteiger partial charge < -0.3 is 10.3 Å². The zero-order valence-corrected chi connectivity index (χ0v) is 12.1. The van der Waals surface area contributed by atoms with Gasteiger partial charge in [0.05, 0.1) is 0 Å². The van der Waals surface area contributed by atoms with Crippen molar-refractivity contribution in [3.63, 3.8) is 0 Å². The molecule has 19 heavy (non-hydrogen) atoms. The van der Waals surface area contributed by atoms with Gasteiger partial charge in [-0.2, -0.15) is 4.98 Å². The number of aromatic nitrogens is 2. The highest BCUT2D eigenvalue weighted by molar-refractivity contribution is 9.10. The number of nitrogens with zero attached hydrogens (tertiary/aromatic N) is 2. The number of halogens is 1. The molecule has 1 aliphatic carbocycles. The molecule has 2 N–H and O–H groups in total. The number of hydrogen-bond donors (Lipinski definition) is 1. The fourth-order valence-electron chi connectivity index (χ4n) is 2.75. The van der Waals surface area contributed by atoms with Crippen LogP contribution in [0.25, 0.3) is 11.4 Å². The van der Waals surface area contributed by atoms with Crippen molar-refractivity contribution in [1.29, 1.82) is 0 Å². The Hall–Kier alpha value is -1.20. The predicted octanol–water partition coefficient (Wildman–Crippen LogP) is 3.34. The molecule has 1 aliphatic rings. The van der Waals surface area contributed by atoms with E-state index in [1.54, 1.807) is 0 Å². The minimum atomic E-state index is 0.335. The summed E-state index contributed by atoms with van der Waals surface area (Å²) >= 11 is 3.42. The molecule has 5 heteroatoms. The highest BCUT2D eigenvalue weighted by atomic mass is 79.9. The van der Waals surface area contributed by atoms with Crippen LogP contribution in [0.1, 0.15) is 31.1 Å². The molecule has 1 heterocycles. The molecule has 0 radical (unpaired) electrons. The third-order valence-electron chi connectivity index (χ3n) is 3.82. The van der Waals surface area contributed by atoms with Gasteiger partial charge in [-0.15, -0.1) is 0 Å². The first-order chi connectivity index (χ1) is 9.28. The molecular weight excluding hydrogens is 306 g/mol.